The van der Waals surface area contributed by atoms with Gasteiger partial charge in [-0.05, 0) is 69.2 Å². The van der Waals surface area contributed by atoms with E-state index < -0.39 is 0 Å². The van der Waals surface area contributed by atoms with E-state index in [1.165, 1.54) is 11.1 Å². The zero-order valence-electron chi connectivity index (χ0n) is 19.2. The van der Waals surface area contributed by atoms with Crippen molar-refractivity contribution in [3.8, 4) is 5.75 Å². The van der Waals surface area contributed by atoms with Gasteiger partial charge in [0.15, 0.2) is 0 Å². The van der Waals surface area contributed by atoms with E-state index in [0.29, 0.717) is 18.7 Å². The van der Waals surface area contributed by atoms with Crippen LogP contribution in [0.2, 0.25) is 0 Å². The van der Waals surface area contributed by atoms with Gasteiger partial charge in [-0.15, -0.1) is 0 Å². The molecule has 0 aliphatic rings. The highest BCUT2D eigenvalue weighted by Crippen LogP contribution is 2.18. The summed E-state index contributed by atoms with van der Waals surface area (Å²) < 4.78 is 7.95. The van der Waals surface area contributed by atoms with Gasteiger partial charge in [0.05, 0.1) is 13.2 Å². The first-order chi connectivity index (χ1) is 15.0. The van der Waals surface area contributed by atoms with Crippen LogP contribution in [0.1, 0.15) is 60.8 Å². The number of nitrogens with zero attached hydrogens (tertiary/aromatic N) is 2. The average Bonchev–Trinajstić information content (AvgIpc) is 3.18. The summed E-state index contributed by atoms with van der Waals surface area (Å²) in [6, 6.07) is 20.3. The third-order valence-corrected chi connectivity index (χ3v) is 5.44. The maximum atomic E-state index is 13.3. The number of hydrogen-bond donors (Lipinski definition) is 0. The molecule has 164 valence electrons. The standard InChI is InChI=1S/C27H34N2O2/c1-5-6-17-31-26-14-12-24(13-15-26)27(30)29(21(2)3)20-25-11-8-16-28(25)19-23-10-7-9-22(4)18-23/h7-16,18,21H,5-6,17,19-20H2,1-4H3. The molecule has 0 saturated carbocycles. The van der Waals surface area contributed by atoms with Crippen molar-refractivity contribution >= 4 is 5.91 Å². The van der Waals surface area contributed by atoms with Crippen LogP contribution in [-0.4, -0.2) is 28.0 Å². The molecular formula is C27H34N2O2. The van der Waals surface area contributed by atoms with E-state index in [4.69, 9.17) is 4.74 Å². The van der Waals surface area contributed by atoms with Crippen LogP contribution < -0.4 is 4.74 Å². The van der Waals surface area contributed by atoms with Crippen molar-refractivity contribution in [2.45, 2.75) is 59.7 Å². The van der Waals surface area contributed by atoms with Crippen molar-refractivity contribution in [3.05, 3.63) is 89.2 Å². The highest BCUT2D eigenvalue weighted by atomic mass is 16.5. The molecule has 2 aromatic carbocycles. The molecule has 0 spiro atoms. The summed E-state index contributed by atoms with van der Waals surface area (Å²) in [5, 5.41) is 0. The topological polar surface area (TPSA) is 34.5 Å². The Kier molecular flexibility index (Phi) is 7.94. The lowest BCUT2D eigenvalue weighted by atomic mass is 10.1. The van der Waals surface area contributed by atoms with Crippen LogP contribution in [-0.2, 0) is 13.1 Å². The molecule has 0 unspecified atom stereocenters. The fourth-order valence-electron chi connectivity index (χ4n) is 3.61. The summed E-state index contributed by atoms with van der Waals surface area (Å²) >= 11 is 0. The molecule has 1 aromatic heterocycles. The van der Waals surface area contributed by atoms with Gasteiger partial charge in [-0.2, -0.15) is 0 Å². The lowest BCUT2D eigenvalue weighted by Crippen LogP contribution is -2.37. The van der Waals surface area contributed by atoms with E-state index >= 15 is 0 Å². The minimum Gasteiger partial charge on any atom is -0.494 e. The molecule has 0 aliphatic carbocycles. The molecule has 0 N–H and O–H groups in total. The predicted octanol–water partition coefficient (Wildman–Crippen LogP) is 6.07. The molecule has 0 radical (unpaired) electrons. The van der Waals surface area contributed by atoms with Gasteiger partial charge in [0.2, 0.25) is 0 Å². The zero-order valence-corrected chi connectivity index (χ0v) is 19.2. The van der Waals surface area contributed by atoms with Crippen LogP contribution in [0.25, 0.3) is 0 Å². The Balaban J connectivity index is 1.72. The summed E-state index contributed by atoms with van der Waals surface area (Å²) in [7, 11) is 0. The van der Waals surface area contributed by atoms with E-state index in [0.717, 1.165) is 30.8 Å². The lowest BCUT2D eigenvalue weighted by Gasteiger charge is -2.27. The number of aryl methyl sites for hydroxylation is 1. The first-order valence-corrected chi connectivity index (χ1v) is 11.2. The Morgan fingerprint density at radius 1 is 1.06 bits per heavy atom. The number of aromatic nitrogens is 1. The monoisotopic (exact) mass is 418 g/mol. The summed E-state index contributed by atoms with van der Waals surface area (Å²) in [5.74, 6) is 0.853. The Morgan fingerprint density at radius 3 is 2.52 bits per heavy atom. The Morgan fingerprint density at radius 2 is 1.84 bits per heavy atom. The lowest BCUT2D eigenvalue weighted by molar-refractivity contribution is 0.0686. The van der Waals surface area contributed by atoms with Crippen molar-refractivity contribution < 1.29 is 9.53 Å². The van der Waals surface area contributed by atoms with E-state index in [1.54, 1.807) is 0 Å². The van der Waals surface area contributed by atoms with Crippen LogP contribution in [0.3, 0.4) is 0 Å². The number of hydrogen-bond acceptors (Lipinski definition) is 2. The largest absolute Gasteiger partial charge is 0.494 e. The van der Waals surface area contributed by atoms with Gasteiger partial charge in [0, 0.05) is 30.0 Å². The van der Waals surface area contributed by atoms with Crippen molar-refractivity contribution in [2.24, 2.45) is 0 Å². The highest BCUT2D eigenvalue weighted by molar-refractivity contribution is 5.94. The van der Waals surface area contributed by atoms with Gasteiger partial charge < -0.3 is 14.2 Å². The summed E-state index contributed by atoms with van der Waals surface area (Å²) in [6.45, 7) is 10.5. The van der Waals surface area contributed by atoms with Crippen LogP contribution in [0, 0.1) is 6.92 Å². The van der Waals surface area contributed by atoms with Crippen molar-refractivity contribution in [3.63, 3.8) is 0 Å². The van der Waals surface area contributed by atoms with Gasteiger partial charge in [0.25, 0.3) is 5.91 Å². The second-order valence-corrected chi connectivity index (χ2v) is 8.37. The van der Waals surface area contributed by atoms with Gasteiger partial charge >= 0.3 is 0 Å². The number of benzene rings is 2. The number of unbranched alkanes of at least 4 members (excludes halogenated alkanes) is 1. The summed E-state index contributed by atoms with van der Waals surface area (Å²) in [6.07, 6.45) is 4.22. The van der Waals surface area contributed by atoms with Crippen LogP contribution in [0.4, 0.5) is 0 Å². The van der Waals surface area contributed by atoms with Crippen molar-refractivity contribution in [1.82, 2.24) is 9.47 Å². The molecule has 4 nitrogen and oxygen atoms in total. The third-order valence-electron chi connectivity index (χ3n) is 5.44. The molecule has 0 aliphatic heterocycles. The smallest absolute Gasteiger partial charge is 0.254 e. The summed E-state index contributed by atoms with van der Waals surface area (Å²) in [4.78, 5) is 15.2. The minimum absolute atomic E-state index is 0.0402. The van der Waals surface area contributed by atoms with Crippen LogP contribution >= 0.6 is 0 Å². The first-order valence-electron chi connectivity index (χ1n) is 11.2. The quantitative estimate of drug-likeness (QED) is 0.374. The zero-order chi connectivity index (χ0) is 22.2. The molecule has 1 heterocycles. The van der Waals surface area contributed by atoms with Crippen molar-refractivity contribution in [2.75, 3.05) is 6.61 Å². The molecule has 3 aromatic rings. The molecule has 31 heavy (non-hydrogen) atoms. The normalized spacial score (nSPS) is 11.0. The van der Waals surface area contributed by atoms with Gasteiger partial charge in [-0.25, -0.2) is 0 Å². The maximum Gasteiger partial charge on any atom is 0.254 e. The van der Waals surface area contributed by atoms with E-state index in [9.17, 15) is 4.79 Å². The Bertz CT molecular complexity index is 973. The van der Waals surface area contributed by atoms with Crippen LogP contribution in [0.5, 0.6) is 5.75 Å². The fraction of sp³-hybridized carbons (Fsp3) is 0.370. The molecule has 4 heteroatoms. The molecule has 0 saturated heterocycles. The molecule has 0 fully saturated rings. The molecule has 3 rings (SSSR count). The number of amides is 1. The predicted molar refractivity (Wildman–Crippen MR) is 127 cm³/mol. The third kappa shape index (κ3) is 6.24. The maximum absolute atomic E-state index is 13.3. The van der Waals surface area contributed by atoms with Crippen molar-refractivity contribution in [1.29, 1.82) is 0 Å². The van der Waals surface area contributed by atoms with Gasteiger partial charge in [0.1, 0.15) is 5.75 Å². The van der Waals surface area contributed by atoms with E-state index in [2.05, 4.69) is 74.9 Å². The number of carbonyl (C=O) groups excluding carboxylic acids is 1. The Labute approximate surface area is 186 Å². The average molecular weight is 419 g/mol. The molecule has 1 amide bonds. The number of ether oxygens (including phenoxy) is 1. The fourth-order valence-corrected chi connectivity index (χ4v) is 3.61. The molecule has 0 bridgehead atoms. The van der Waals surface area contributed by atoms with E-state index in [-0.39, 0.29) is 11.9 Å². The van der Waals surface area contributed by atoms with E-state index in [1.807, 2.05) is 29.2 Å². The SMILES string of the molecule is CCCCOc1ccc(C(=O)N(Cc2cccn2Cc2cccc(C)c2)C(C)C)cc1. The summed E-state index contributed by atoms with van der Waals surface area (Å²) in [5.41, 5.74) is 4.34. The minimum atomic E-state index is 0.0402. The van der Waals surface area contributed by atoms with Gasteiger partial charge in [-0.1, -0.05) is 43.2 Å². The van der Waals surface area contributed by atoms with Crippen LogP contribution in [0.15, 0.2) is 66.9 Å². The number of rotatable bonds is 10. The number of carbonyl (C=O) groups is 1. The second kappa shape index (κ2) is 10.9. The molecular weight excluding hydrogens is 384 g/mol. The Hall–Kier alpha value is -3.01. The molecule has 0 atom stereocenters. The second-order valence-electron chi connectivity index (χ2n) is 8.37. The first kappa shape index (κ1) is 22.7. The highest BCUT2D eigenvalue weighted by Gasteiger charge is 2.20. The van der Waals surface area contributed by atoms with Gasteiger partial charge in [-0.3, -0.25) is 4.79 Å².